The average Bonchev–Trinajstić information content (AvgIpc) is 2.41. The van der Waals surface area contributed by atoms with E-state index in [0.717, 1.165) is 29.1 Å². The maximum Gasteiger partial charge on any atom is 0.122 e. The molecule has 1 heterocycles. The van der Waals surface area contributed by atoms with Gasteiger partial charge >= 0.3 is 0 Å². The zero-order valence-electron chi connectivity index (χ0n) is 12.3. The molecule has 0 aromatic heterocycles. The molecule has 1 aliphatic rings. The summed E-state index contributed by atoms with van der Waals surface area (Å²) in [5.41, 5.74) is 3.31. The fourth-order valence-corrected chi connectivity index (χ4v) is 2.33. The van der Waals surface area contributed by atoms with E-state index in [2.05, 4.69) is 6.08 Å². The molecule has 1 atom stereocenters. The third kappa shape index (κ3) is 3.87. The molecule has 0 spiro atoms. The van der Waals surface area contributed by atoms with Crippen LogP contribution in [0.2, 0.25) is 0 Å². The highest BCUT2D eigenvalue weighted by atomic mass is 16.5. The average molecular weight is 274 g/mol. The SMILES string of the molecule is COc1ccc2cc1C/C=C(/C)C[C@H](O)/C=C(/C)CO2. The van der Waals surface area contributed by atoms with E-state index in [-0.39, 0.29) is 0 Å². The normalized spacial score (nSPS) is 25.1. The molecule has 0 unspecified atom stereocenters. The summed E-state index contributed by atoms with van der Waals surface area (Å²) in [5.74, 6) is 1.70. The Morgan fingerprint density at radius 3 is 2.80 bits per heavy atom. The highest BCUT2D eigenvalue weighted by Crippen LogP contribution is 2.26. The summed E-state index contributed by atoms with van der Waals surface area (Å²) in [6.07, 6.45) is 4.98. The smallest absolute Gasteiger partial charge is 0.122 e. The van der Waals surface area contributed by atoms with Crippen LogP contribution < -0.4 is 9.47 Å². The number of fused-ring (bicyclic) bond motifs is 2. The van der Waals surface area contributed by atoms with Crippen molar-refractivity contribution in [2.24, 2.45) is 0 Å². The lowest BCUT2D eigenvalue weighted by atomic mass is 10.0. The number of allylic oxidation sites excluding steroid dienone is 1. The molecule has 108 valence electrons. The van der Waals surface area contributed by atoms with Crippen molar-refractivity contribution in [3.05, 3.63) is 47.1 Å². The number of hydrogen-bond donors (Lipinski definition) is 1. The molecule has 1 aromatic carbocycles. The molecule has 0 fully saturated rings. The van der Waals surface area contributed by atoms with Crippen LogP contribution in [0.5, 0.6) is 11.5 Å². The summed E-state index contributed by atoms with van der Waals surface area (Å²) >= 11 is 0. The van der Waals surface area contributed by atoms with E-state index in [9.17, 15) is 5.11 Å². The number of methoxy groups -OCH3 is 1. The molecule has 0 radical (unpaired) electrons. The number of ether oxygens (including phenoxy) is 2. The van der Waals surface area contributed by atoms with Gasteiger partial charge in [0.2, 0.25) is 0 Å². The quantitative estimate of drug-likeness (QED) is 0.799. The van der Waals surface area contributed by atoms with Crippen molar-refractivity contribution in [3.63, 3.8) is 0 Å². The molecule has 2 rings (SSSR count). The van der Waals surface area contributed by atoms with Crippen LogP contribution in [-0.4, -0.2) is 24.9 Å². The molecule has 20 heavy (non-hydrogen) atoms. The van der Waals surface area contributed by atoms with Crippen molar-refractivity contribution in [1.82, 2.24) is 0 Å². The summed E-state index contributed by atoms with van der Waals surface area (Å²) in [6, 6.07) is 5.87. The van der Waals surface area contributed by atoms with Gasteiger partial charge in [-0.2, -0.15) is 0 Å². The molecule has 1 aliphatic heterocycles. The summed E-state index contributed by atoms with van der Waals surface area (Å²) in [5, 5.41) is 10.00. The maximum atomic E-state index is 10.00. The molecular weight excluding hydrogens is 252 g/mol. The van der Waals surface area contributed by atoms with Crippen LogP contribution in [0.15, 0.2) is 41.5 Å². The van der Waals surface area contributed by atoms with Gasteiger partial charge in [-0.15, -0.1) is 0 Å². The van der Waals surface area contributed by atoms with Crippen molar-refractivity contribution in [3.8, 4) is 11.5 Å². The van der Waals surface area contributed by atoms with Gasteiger partial charge in [0, 0.05) is 5.56 Å². The Morgan fingerprint density at radius 2 is 2.05 bits per heavy atom. The molecular formula is C17H22O3. The monoisotopic (exact) mass is 274 g/mol. The Balaban J connectivity index is 2.34. The highest BCUT2D eigenvalue weighted by molar-refractivity contribution is 5.41. The molecule has 0 amide bonds. The van der Waals surface area contributed by atoms with E-state index in [1.807, 2.05) is 38.1 Å². The summed E-state index contributed by atoms with van der Waals surface area (Å²) in [6.45, 7) is 4.51. The molecule has 3 nitrogen and oxygen atoms in total. The van der Waals surface area contributed by atoms with Crippen molar-refractivity contribution >= 4 is 0 Å². The number of aliphatic hydroxyl groups is 1. The number of rotatable bonds is 1. The topological polar surface area (TPSA) is 38.7 Å². The fraction of sp³-hybridized carbons (Fsp3) is 0.412. The maximum absolute atomic E-state index is 10.00. The van der Waals surface area contributed by atoms with E-state index in [1.165, 1.54) is 5.57 Å². The zero-order chi connectivity index (χ0) is 14.5. The van der Waals surface area contributed by atoms with Crippen LogP contribution in [0.25, 0.3) is 0 Å². The number of benzene rings is 1. The Kier molecular flexibility index (Phi) is 4.85. The van der Waals surface area contributed by atoms with Crippen LogP contribution in [0.3, 0.4) is 0 Å². The van der Waals surface area contributed by atoms with Gasteiger partial charge in [-0.1, -0.05) is 17.7 Å². The molecule has 2 bridgehead atoms. The zero-order valence-corrected chi connectivity index (χ0v) is 12.3. The van der Waals surface area contributed by atoms with Crippen LogP contribution in [0.1, 0.15) is 25.8 Å². The third-order valence-corrected chi connectivity index (χ3v) is 3.40. The van der Waals surface area contributed by atoms with Gasteiger partial charge in [-0.25, -0.2) is 0 Å². The number of aliphatic hydroxyl groups excluding tert-OH is 1. The van der Waals surface area contributed by atoms with Gasteiger partial charge in [0.05, 0.1) is 13.2 Å². The molecule has 1 N–H and O–H groups in total. The highest BCUT2D eigenvalue weighted by Gasteiger charge is 2.08. The standard InChI is InChI=1S/C17H22O3/c1-12-4-5-14-10-16(6-7-17(14)19-3)20-11-13(2)9-15(18)8-12/h4,6-7,9-10,15,18H,5,8,11H2,1-3H3/b12-4-,13-9-/t15-/m0/s1. The van der Waals surface area contributed by atoms with Gasteiger partial charge < -0.3 is 14.6 Å². The lowest BCUT2D eigenvalue weighted by Gasteiger charge is -2.14. The van der Waals surface area contributed by atoms with Crippen molar-refractivity contribution in [2.75, 3.05) is 13.7 Å². The lowest BCUT2D eigenvalue weighted by Crippen LogP contribution is -2.08. The summed E-state index contributed by atoms with van der Waals surface area (Å²) in [7, 11) is 1.68. The third-order valence-electron chi connectivity index (χ3n) is 3.40. The second-order valence-corrected chi connectivity index (χ2v) is 5.30. The number of hydrogen-bond acceptors (Lipinski definition) is 3. The largest absolute Gasteiger partial charge is 0.496 e. The second-order valence-electron chi connectivity index (χ2n) is 5.30. The van der Waals surface area contributed by atoms with Crippen molar-refractivity contribution < 1.29 is 14.6 Å². The van der Waals surface area contributed by atoms with Crippen LogP contribution >= 0.6 is 0 Å². The van der Waals surface area contributed by atoms with E-state index in [1.54, 1.807) is 7.11 Å². The first-order valence-electron chi connectivity index (χ1n) is 6.89. The van der Waals surface area contributed by atoms with Crippen molar-refractivity contribution in [1.29, 1.82) is 0 Å². The Labute approximate surface area is 120 Å². The van der Waals surface area contributed by atoms with Gasteiger partial charge in [-0.3, -0.25) is 0 Å². The minimum Gasteiger partial charge on any atom is -0.496 e. The summed E-state index contributed by atoms with van der Waals surface area (Å²) in [4.78, 5) is 0. The van der Waals surface area contributed by atoms with E-state index in [0.29, 0.717) is 13.0 Å². The Bertz CT molecular complexity index is 529. The van der Waals surface area contributed by atoms with Crippen LogP contribution in [0, 0.1) is 0 Å². The van der Waals surface area contributed by atoms with Crippen LogP contribution in [-0.2, 0) is 6.42 Å². The Morgan fingerprint density at radius 1 is 1.25 bits per heavy atom. The summed E-state index contributed by atoms with van der Waals surface area (Å²) < 4.78 is 11.1. The second kappa shape index (κ2) is 6.62. The molecule has 0 aliphatic carbocycles. The minimum atomic E-state index is -0.450. The molecule has 0 saturated heterocycles. The van der Waals surface area contributed by atoms with Gasteiger partial charge in [0.15, 0.2) is 0 Å². The molecule has 3 heteroatoms. The van der Waals surface area contributed by atoms with Crippen LogP contribution in [0.4, 0.5) is 0 Å². The molecule has 0 saturated carbocycles. The first-order chi connectivity index (χ1) is 9.58. The lowest BCUT2D eigenvalue weighted by molar-refractivity contribution is 0.221. The van der Waals surface area contributed by atoms with E-state index in [4.69, 9.17) is 9.47 Å². The van der Waals surface area contributed by atoms with Gasteiger partial charge in [-0.05, 0) is 50.5 Å². The predicted molar refractivity (Wildman–Crippen MR) is 80.3 cm³/mol. The van der Waals surface area contributed by atoms with E-state index >= 15 is 0 Å². The van der Waals surface area contributed by atoms with Crippen molar-refractivity contribution in [2.45, 2.75) is 32.8 Å². The van der Waals surface area contributed by atoms with E-state index < -0.39 is 6.10 Å². The Hall–Kier alpha value is -1.74. The van der Waals surface area contributed by atoms with Gasteiger partial charge in [0.1, 0.15) is 18.1 Å². The first-order valence-corrected chi connectivity index (χ1v) is 6.89. The first kappa shape index (κ1) is 14.7. The fourth-order valence-electron chi connectivity index (χ4n) is 2.33. The van der Waals surface area contributed by atoms with Gasteiger partial charge in [0.25, 0.3) is 0 Å². The molecule has 1 aromatic rings. The predicted octanol–water partition coefficient (Wildman–Crippen LogP) is 3.27. The minimum absolute atomic E-state index is 0.450.